The van der Waals surface area contributed by atoms with Gasteiger partial charge >= 0.3 is 0 Å². The molecule has 1 saturated carbocycles. The molecule has 0 saturated heterocycles. The second-order valence-electron chi connectivity index (χ2n) is 5.70. The average Bonchev–Trinajstić information content (AvgIpc) is 2.94. The highest BCUT2D eigenvalue weighted by molar-refractivity contribution is 7.99. The smallest absolute Gasteiger partial charge is 0.251 e. The van der Waals surface area contributed by atoms with Crippen molar-refractivity contribution in [3.63, 3.8) is 0 Å². The van der Waals surface area contributed by atoms with E-state index < -0.39 is 0 Å². The fourth-order valence-electron chi connectivity index (χ4n) is 3.27. The minimum atomic E-state index is 0.109. The zero-order valence-electron chi connectivity index (χ0n) is 11.9. The van der Waals surface area contributed by atoms with Crippen LogP contribution in [0.1, 0.15) is 41.6 Å². The number of rotatable bonds is 3. The van der Waals surface area contributed by atoms with Gasteiger partial charge in [-0.15, -0.1) is 0 Å². The molecule has 20 heavy (non-hydrogen) atoms. The normalized spacial score (nSPS) is 24.9. The summed E-state index contributed by atoms with van der Waals surface area (Å²) in [5, 5.41) is 7.33. The minimum absolute atomic E-state index is 0.109. The molecule has 2 atom stereocenters. The second-order valence-corrected chi connectivity index (χ2v) is 6.84. The Kier molecular flexibility index (Phi) is 4.20. The van der Waals surface area contributed by atoms with Crippen molar-refractivity contribution in [3.05, 3.63) is 29.3 Å². The van der Waals surface area contributed by atoms with Gasteiger partial charge < -0.3 is 10.6 Å². The number of amides is 1. The predicted octanol–water partition coefficient (Wildman–Crippen LogP) is 3.06. The number of anilines is 1. The first kappa shape index (κ1) is 13.8. The van der Waals surface area contributed by atoms with Gasteiger partial charge in [0.15, 0.2) is 0 Å². The number of thioether (sulfide) groups is 1. The standard InChI is InChI=1S/C16H22N2OS/c1-20-12-8-7-11(10-12)18-16(19)14-4-2-6-15-13(14)5-3-9-17-15/h2,4,6,11-12,17H,3,5,7-10H2,1H3,(H,18,19). The fourth-order valence-corrected chi connectivity index (χ4v) is 4.07. The van der Waals surface area contributed by atoms with Crippen molar-refractivity contribution < 1.29 is 4.79 Å². The molecule has 2 N–H and O–H groups in total. The number of benzene rings is 1. The maximum absolute atomic E-state index is 12.5. The summed E-state index contributed by atoms with van der Waals surface area (Å²) in [6, 6.07) is 6.37. The molecule has 2 aliphatic rings. The highest BCUT2D eigenvalue weighted by Gasteiger charge is 2.26. The molecule has 2 unspecified atom stereocenters. The van der Waals surface area contributed by atoms with Crippen molar-refractivity contribution in [2.75, 3.05) is 18.1 Å². The van der Waals surface area contributed by atoms with Crippen molar-refractivity contribution in [1.82, 2.24) is 5.32 Å². The van der Waals surface area contributed by atoms with Crippen molar-refractivity contribution in [1.29, 1.82) is 0 Å². The molecule has 1 heterocycles. The first-order valence-electron chi connectivity index (χ1n) is 7.47. The number of hydrogen-bond acceptors (Lipinski definition) is 3. The molecule has 0 radical (unpaired) electrons. The molecule has 3 nitrogen and oxygen atoms in total. The molecule has 108 valence electrons. The molecule has 1 aromatic rings. The van der Waals surface area contributed by atoms with E-state index in [4.69, 9.17) is 0 Å². The van der Waals surface area contributed by atoms with Crippen molar-refractivity contribution >= 4 is 23.4 Å². The minimum Gasteiger partial charge on any atom is -0.385 e. The summed E-state index contributed by atoms with van der Waals surface area (Å²) < 4.78 is 0. The quantitative estimate of drug-likeness (QED) is 0.899. The summed E-state index contributed by atoms with van der Waals surface area (Å²) in [5.41, 5.74) is 3.19. The second kappa shape index (κ2) is 6.08. The van der Waals surface area contributed by atoms with Gasteiger partial charge in [-0.1, -0.05) is 6.07 Å². The molecule has 0 aromatic heterocycles. The Hall–Kier alpha value is -1.16. The summed E-state index contributed by atoms with van der Waals surface area (Å²) in [6.07, 6.45) is 7.72. The van der Waals surface area contributed by atoms with Crippen LogP contribution < -0.4 is 10.6 Å². The van der Waals surface area contributed by atoms with Crippen LogP contribution in [0.4, 0.5) is 5.69 Å². The third-order valence-corrected chi connectivity index (χ3v) is 5.49. The lowest BCUT2D eigenvalue weighted by Crippen LogP contribution is -2.34. The van der Waals surface area contributed by atoms with E-state index in [0.29, 0.717) is 11.3 Å². The lowest BCUT2D eigenvalue weighted by molar-refractivity contribution is 0.0937. The van der Waals surface area contributed by atoms with Crippen LogP contribution in [0.5, 0.6) is 0 Å². The zero-order chi connectivity index (χ0) is 13.9. The van der Waals surface area contributed by atoms with Gasteiger partial charge in [0.25, 0.3) is 5.91 Å². The molecule has 3 rings (SSSR count). The Bertz CT molecular complexity index is 503. The lowest BCUT2D eigenvalue weighted by atomic mass is 9.97. The van der Waals surface area contributed by atoms with E-state index in [2.05, 4.69) is 23.0 Å². The van der Waals surface area contributed by atoms with Gasteiger partial charge in [-0.05, 0) is 56.1 Å². The van der Waals surface area contributed by atoms with Crippen LogP contribution in [0.3, 0.4) is 0 Å². The van der Waals surface area contributed by atoms with E-state index in [1.807, 2.05) is 23.9 Å². The van der Waals surface area contributed by atoms with Crippen LogP contribution in [-0.4, -0.2) is 30.0 Å². The Morgan fingerprint density at radius 2 is 2.30 bits per heavy atom. The first-order valence-corrected chi connectivity index (χ1v) is 8.76. The van der Waals surface area contributed by atoms with E-state index >= 15 is 0 Å². The van der Waals surface area contributed by atoms with Gasteiger partial charge in [0.1, 0.15) is 0 Å². The first-order chi connectivity index (χ1) is 9.78. The maximum atomic E-state index is 12.5. The largest absolute Gasteiger partial charge is 0.385 e. The molecule has 1 aromatic carbocycles. The molecule has 1 aliphatic heterocycles. The molecule has 1 aliphatic carbocycles. The molecule has 1 amide bonds. The summed E-state index contributed by atoms with van der Waals surface area (Å²) in [6.45, 7) is 1.01. The maximum Gasteiger partial charge on any atom is 0.251 e. The van der Waals surface area contributed by atoms with Gasteiger partial charge in [-0.2, -0.15) is 11.8 Å². The van der Waals surface area contributed by atoms with E-state index in [9.17, 15) is 4.79 Å². The average molecular weight is 290 g/mol. The summed E-state index contributed by atoms with van der Waals surface area (Å²) in [7, 11) is 0. The third kappa shape index (κ3) is 2.80. The van der Waals surface area contributed by atoms with Gasteiger partial charge in [0.05, 0.1) is 0 Å². The highest BCUT2D eigenvalue weighted by atomic mass is 32.2. The monoisotopic (exact) mass is 290 g/mol. The van der Waals surface area contributed by atoms with Crippen molar-refractivity contribution in [2.24, 2.45) is 0 Å². The number of carbonyl (C=O) groups is 1. The summed E-state index contributed by atoms with van der Waals surface area (Å²) >= 11 is 1.92. The van der Waals surface area contributed by atoms with Crippen LogP contribution in [-0.2, 0) is 6.42 Å². The number of hydrogen-bond donors (Lipinski definition) is 2. The van der Waals surface area contributed by atoms with E-state index in [-0.39, 0.29) is 5.91 Å². The van der Waals surface area contributed by atoms with E-state index in [0.717, 1.165) is 43.5 Å². The molecule has 0 spiro atoms. The van der Waals surface area contributed by atoms with Crippen LogP contribution in [0.25, 0.3) is 0 Å². The number of fused-ring (bicyclic) bond motifs is 1. The highest BCUT2D eigenvalue weighted by Crippen LogP contribution is 2.29. The number of nitrogens with one attached hydrogen (secondary N) is 2. The molecule has 0 bridgehead atoms. The summed E-state index contributed by atoms with van der Waals surface area (Å²) in [4.78, 5) is 12.5. The Labute approximate surface area is 124 Å². The molecular formula is C16H22N2OS. The van der Waals surface area contributed by atoms with Crippen LogP contribution in [0.15, 0.2) is 18.2 Å². The van der Waals surface area contributed by atoms with Crippen LogP contribution in [0.2, 0.25) is 0 Å². The summed E-state index contributed by atoms with van der Waals surface area (Å²) in [5.74, 6) is 0.109. The van der Waals surface area contributed by atoms with Crippen molar-refractivity contribution in [3.8, 4) is 0 Å². The predicted molar refractivity (Wildman–Crippen MR) is 85.7 cm³/mol. The van der Waals surface area contributed by atoms with Gasteiger partial charge in [-0.3, -0.25) is 4.79 Å². The molecule has 1 fully saturated rings. The van der Waals surface area contributed by atoms with E-state index in [1.165, 1.54) is 12.0 Å². The zero-order valence-corrected chi connectivity index (χ0v) is 12.8. The Morgan fingerprint density at radius 1 is 1.40 bits per heavy atom. The third-order valence-electron chi connectivity index (χ3n) is 4.39. The fraction of sp³-hybridized carbons (Fsp3) is 0.562. The van der Waals surface area contributed by atoms with Gasteiger partial charge in [0, 0.05) is 29.1 Å². The van der Waals surface area contributed by atoms with E-state index in [1.54, 1.807) is 0 Å². The van der Waals surface area contributed by atoms with Crippen LogP contribution in [0, 0.1) is 0 Å². The molecule has 4 heteroatoms. The van der Waals surface area contributed by atoms with Gasteiger partial charge in [-0.25, -0.2) is 0 Å². The van der Waals surface area contributed by atoms with Crippen molar-refractivity contribution in [2.45, 2.75) is 43.4 Å². The van der Waals surface area contributed by atoms with Crippen LogP contribution >= 0.6 is 11.8 Å². The SMILES string of the molecule is CSC1CCC(NC(=O)c2cccc3c2CCCN3)C1. The lowest BCUT2D eigenvalue weighted by Gasteiger charge is -2.21. The number of carbonyl (C=O) groups excluding carboxylic acids is 1. The molecular weight excluding hydrogens is 268 g/mol. The Balaban J connectivity index is 1.71. The van der Waals surface area contributed by atoms with Gasteiger partial charge in [0.2, 0.25) is 0 Å². The topological polar surface area (TPSA) is 41.1 Å². The Morgan fingerprint density at radius 3 is 3.10 bits per heavy atom.